The highest BCUT2D eigenvalue weighted by Crippen LogP contribution is 2.30. The number of aromatic nitrogens is 2. The molecule has 2 heterocycles. The van der Waals surface area contributed by atoms with Crippen molar-refractivity contribution in [1.29, 1.82) is 0 Å². The third-order valence-electron chi connectivity index (χ3n) is 4.22. The summed E-state index contributed by atoms with van der Waals surface area (Å²) in [5.41, 5.74) is 1.67. The first-order valence-electron chi connectivity index (χ1n) is 7.89. The van der Waals surface area contributed by atoms with E-state index < -0.39 is 0 Å². The van der Waals surface area contributed by atoms with E-state index in [2.05, 4.69) is 10.00 Å². The molecule has 0 spiro atoms. The minimum absolute atomic E-state index is 0. The number of piperidine rings is 1. The quantitative estimate of drug-likeness (QED) is 0.910. The Hall–Kier alpha value is -1.72. The largest absolute Gasteiger partial charge is 0.497 e. The molecule has 1 aliphatic rings. The van der Waals surface area contributed by atoms with Gasteiger partial charge in [0.25, 0.3) is 0 Å². The summed E-state index contributed by atoms with van der Waals surface area (Å²) in [4.78, 5) is 2.47. The summed E-state index contributed by atoms with van der Waals surface area (Å²) < 4.78 is 7.07. The predicted octanol–water partition coefficient (Wildman–Crippen LogP) is 3.17. The molecule has 0 atom stereocenters. The maximum Gasteiger partial charge on any atom is 0.238 e. The van der Waals surface area contributed by atoms with E-state index >= 15 is 0 Å². The summed E-state index contributed by atoms with van der Waals surface area (Å²) in [6, 6.07) is 7.67. The van der Waals surface area contributed by atoms with Crippen molar-refractivity contribution in [3.05, 3.63) is 30.5 Å². The molecule has 5 nitrogen and oxygen atoms in total. The average molecular weight is 338 g/mol. The highest BCUT2D eigenvalue weighted by Gasteiger charge is 2.13. The first kappa shape index (κ1) is 17.6. The summed E-state index contributed by atoms with van der Waals surface area (Å²) in [6.07, 6.45) is 5.84. The monoisotopic (exact) mass is 337 g/mol. The van der Waals surface area contributed by atoms with E-state index in [0.29, 0.717) is 0 Å². The maximum atomic E-state index is 10.1. The Morgan fingerprint density at radius 2 is 1.96 bits per heavy atom. The van der Waals surface area contributed by atoms with E-state index in [0.717, 1.165) is 30.0 Å². The predicted molar refractivity (Wildman–Crippen MR) is 93.4 cm³/mol. The molecule has 23 heavy (non-hydrogen) atoms. The highest BCUT2D eigenvalue weighted by atomic mass is 35.5. The molecule has 126 valence electrons. The highest BCUT2D eigenvalue weighted by molar-refractivity contribution is 5.85. The van der Waals surface area contributed by atoms with E-state index in [-0.39, 0.29) is 18.3 Å². The zero-order valence-corrected chi connectivity index (χ0v) is 14.3. The van der Waals surface area contributed by atoms with Crippen molar-refractivity contribution in [2.75, 3.05) is 26.7 Å². The number of hydrogen-bond donors (Lipinski definition) is 1. The van der Waals surface area contributed by atoms with Gasteiger partial charge in [0.05, 0.1) is 19.2 Å². The fourth-order valence-electron chi connectivity index (χ4n) is 2.95. The Labute approximate surface area is 143 Å². The Balaban J connectivity index is 0.00000192. The molecule has 1 aromatic carbocycles. The van der Waals surface area contributed by atoms with Crippen LogP contribution in [-0.4, -0.2) is 46.5 Å². The minimum atomic E-state index is 0. The average Bonchev–Trinajstić information content (AvgIpc) is 2.95. The molecule has 1 aliphatic heterocycles. The number of likely N-dealkylation sites (tertiary alicyclic amines) is 1. The van der Waals surface area contributed by atoms with Crippen LogP contribution in [-0.2, 0) is 6.54 Å². The summed E-state index contributed by atoms with van der Waals surface area (Å²) in [7, 11) is 1.64. The van der Waals surface area contributed by atoms with Crippen LogP contribution in [0.2, 0.25) is 0 Å². The molecule has 0 saturated carbocycles. The normalized spacial score (nSPS) is 15.2. The zero-order valence-electron chi connectivity index (χ0n) is 13.4. The molecule has 0 bridgehead atoms. The van der Waals surface area contributed by atoms with Crippen LogP contribution in [0.3, 0.4) is 0 Å². The number of halogens is 1. The van der Waals surface area contributed by atoms with Crippen LogP contribution in [0.25, 0.3) is 11.1 Å². The van der Waals surface area contributed by atoms with Gasteiger partial charge in [0.15, 0.2) is 0 Å². The first-order chi connectivity index (χ1) is 10.8. The summed E-state index contributed by atoms with van der Waals surface area (Å²) in [5.74, 6) is 0.852. The van der Waals surface area contributed by atoms with E-state index in [1.807, 2.05) is 35.1 Å². The second-order valence-electron chi connectivity index (χ2n) is 5.76. The van der Waals surface area contributed by atoms with Crippen LogP contribution in [0.4, 0.5) is 0 Å². The lowest BCUT2D eigenvalue weighted by atomic mass is 10.1. The molecule has 1 N–H and O–H groups in total. The molecule has 0 unspecified atom stereocenters. The lowest BCUT2D eigenvalue weighted by molar-refractivity contribution is 0.217. The van der Waals surface area contributed by atoms with Crippen molar-refractivity contribution in [3.63, 3.8) is 0 Å². The van der Waals surface area contributed by atoms with Crippen molar-refractivity contribution < 1.29 is 9.84 Å². The smallest absolute Gasteiger partial charge is 0.238 e. The molecular weight excluding hydrogens is 314 g/mol. The third-order valence-corrected chi connectivity index (χ3v) is 4.22. The zero-order chi connectivity index (χ0) is 15.4. The maximum absolute atomic E-state index is 10.1. The van der Waals surface area contributed by atoms with Gasteiger partial charge < -0.3 is 14.7 Å². The molecular formula is C17H24ClN3O2. The molecule has 0 radical (unpaired) electrons. The van der Waals surface area contributed by atoms with Gasteiger partial charge in [-0.1, -0.05) is 18.6 Å². The van der Waals surface area contributed by atoms with Crippen molar-refractivity contribution in [3.8, 4) is 22.8 Å². The van der Waals surface area contributed by atoms with E-state index in [9.17, 15) is 5.11 Å². The molecule has 3 rings (SSSR count). The Morgan fingerprint density at radius 3 is 2.70 bits per heavy atom. The van der Waals surface area contributed by atoms with Crippen LogP contribution in [0.5, 0.6) is 11.6 Å². The topological polar surface area (TPSA) is 50.5 Å². The fraction of sp³-hybridized carbons (Fsp3) is 0.471. The molecule has 1 aromatic heterocycles. The molecule has 0 amide bonds. The van der Waals surface area contributed by atoms with E-state index in [1.165, 1.54) is 32.4 Å². The van der Waals surface area contributed by atoms with Gasteiger partial charge in [-0.2, -0.15) is 0 Å². The number of rotatable bonds is 5. The summed E-state index contributed by atoms with van der Waals surface area (Å²) in [5, 5.41) is 14.3. The van der Waals surface area contributed by atoms with Crippen LogP contribution in [0.15, 0.2) is 30.5 Å². The van der Waals surface area contributed by atoms with Gasteiger partial charge in [0.1, 0.15) is 5.75 Å². The van der Waals surface area contributed by atoms with Crippen molar-refractivity contribution in [2.45, 2.75) is 25.8 Å². The number of aromatic hydroxyl groups is 1. The van der Waals surface area contributed by atoms with Crippen molar-refractivity contribution in [1.82, 2.24) is 14.7 Å². The van der Waals surface area contributed by atoms with Crippen LogP contribution in [0.1, 0.15) is 19.3 Å². The number of nitrogens with zero attached hydrogens (tertiary/aromatic N) is 3. The van der Waals surface area contributed by atoms with Gasteiger partial charge in [-0.05, 0) is 43.6 Å². The number of methoxy groups -OCH3 is 1. The molecule has 2 aromatic rings. The Morgan fingerprint density at radius 1 is 1.17 bits per heavy atom. The second-order valence-corrected chi connectivity index (χ2v) is 5.76. The lowest BCUT2D eigenvalue weighted by Gasteiger charge is -2.26. The lowest BCUT2D eigenvalue weighted by Crippen LogP contribution is -2.32. The minimum Gasteiger partial charge on any atom is -0.497 e. The summed E-state index contributed by atoms with van der Waals surface area (Å²) >= 11 is 0. The molecule has 1 fully saturated rings. The number of benzene rings is 1. The fourth-order valence-corrected chi connectivity index (χ4v) is 2.95. The Kier molecular flexibility index (Phi) is 6.30. The second kappa shape index (κ2) is 8.22. The molecule has 1 saturated heterocycles. The molecule has 0 aliphatic carbocycles. The third kappa shape index (κ3) is 4.39. The SMILES string of the molecule is COc1cccc(-c2cn(CCN3CCCCC3)nc2O)c1.Cl. The van der Waals surface area contributed by atoms with Gasteiger partial charge in [-0.15, -0.1) is 17.5 Å². The van der Waals surface area contributed by atoms with Gasteiger partial charge in [-0.25, -0.2) is 0 Å². The number of hydrogen-bond acceptors (Lipinski definition) is 4. The first-order valence-corrected chi connectivity index (χ1v) is 7.89. The van der Waals surface area contributed by atoms with Gasteiger partial charge in [0, 0.05) is 12.7 Å². The number of ether oxygens (including phenoxy) is 1. The van der Waals surface area contributed by atoms with Crippen LogP contribution < -0.4 is 4.74 Å². The molecule has 6 heteroatoms. The van der Waals surface area contributed by atoms with Crippen molar-refractivity contribution in [2.24, 2.45) is 0 Å². The summed E-state index contributed by atoms with van der Waals surface area (Å²) in [6.45, 7) is 4.14. The van der Waals surface area contributed by atoms with Gasteiger partial charge in [-0.3, -0.25) is 4.68 Å². The van der Waals surface area contributed by atoms with Crippen LogP contribution >= 0.6 is 12.4 Å². The van der Waals surface area contributed by atoms with Crippen molar-refractivity contribution >= 4 is 12.4 Å². The van der Waals surface area contributed by atoms with E-state index in [1.54, 1.807) is 7.11 Å². The standard InChI is InChI=1S/C17H23N3O2.ClH/c1-22-15-7-5-6-14(12-15)16-13-20(18-17(16)21)11-10-19-8-3-2-4-9-19;/h5-7,12-13H,2-4,8-11H2,1H3,(H,18,21);1H. The van der Waals surface area contributed by atoms with Gasteiger partial charge in [0.2, 0.25) is 5.88 Å². The van der Waals surface area contributed by atoms with Gasteiger partial charge >= 0.3 is 0 Å². The Bertz CT molecular complexity index is 624. The van der Waals surface area contributed by atoms with Crippen LogP contribution in [0, 0.1) is 0 Å². The van der Waals surface area contributed by atoms with E-state index in [4.69, 9.17) is 4.74 Å².